The minimum absolute atomic E-state index is 0.260. The maximum Gasteiger partial charge on any atom is 0.0125 e. The average Bonchev–Trinajstić information content (AvgIpc) is 2.38. The summed E-state index contributed by atoms with van der Waals surface area (Å²) in [5.74, 6) is 0. The van der Waals surface area contributed by atoms with Crippen molar-refractivity contribution in [2.24, 2.45) is 0 Å². The molecule has 2 N–H and O–H groups in total. The monoisotopic (exact) mass is 284 g/mol. The quantitative estimate of drug-likeness (QED) is 0.471. The molecule has 0 bridgehead atoms. The molecule has 0 rings (SSSR count). The van der Waals surface area contributed by atoms with Gasteiger partial charge < -0.3 is 10.6 Å². The predicted octanol–water partition coefficient (Wildman–Crippen LogP) is 4.88. The van der Waals surface area contributed by atoms with E-state index in [-0.39, 0.29) is 11.1 Å². The lowest BCUT2D eigenvalue weighted by Crippen LogP contribution is -2.45. The van der Waals surface area contributed by atoms with Crippen molar-refractivity contribution in [2.45, 2.75) is 104 Å². The molecule has 2 nitrogen and oxygen atoms in total. The van der Waals surface area contributed by atoms with Gasteiger partial charge in [-0.2, -0.15) is 0 Å². The maximum atomic E-state index is 3.72. The van der Waals surface area contributed by atoms with Crippen molar-refractivity contribution in [3.63, 3.8) is 0 Å². The zero-order valence-corrected chi connectivity index (χ0v) is 15.1. The lowest BCUT2D eigenvalue weighted by atomic mass is 9.89. The van der Waals surface area contributed by atoms with Crippen molar-refractivity contribution in [2.75, 3.05) is 13.1 Å². The van der Waals surface area contributed by atoms with E-state index in [0.717, 1.165) is 13.1 Å². The Morgan fingerprint density at radius 3 is 1.25 bits per heavy atom. The molecular weight excluding hydrogens is 244 g/mol. The molecular formula is C18H40N2. The van der Waals surface area contributed by atoms with Crippen LogP contribution >= 0.6 is 0 Å². The van der Waals surface area contributed by atoms with Crippen LogP contribution in [0.4, 0.5) is 0 Å². The van der Waals surface area contributed by atoms with E-state index in [1.165, 1.54) is 51.4 Å². The first-order valence-corrected chi connectivity index (χ1v) is 8.83. The summed E-state index contributed by atoms with van der Waals surface area (Å²) in [4.78, 5) is 0. The Morgan fingerprint density at radius 2 is 0.950 bits per heavy atom. The van der Waals surface area contributed by atoms with Crippen molar-refractivity contribution in [3.05, 3.63) is 0 Å². The molecule has 0 amide bonds. The third-order valence-electron chi connectivity index (χ3n) is 4.14. The van der Waals surface area contributed by atoms with Gasteiger partial charge in [0.05, 0.1) is 0 Å². The minimum Gasteiger partial charge on any atom is -0.312 e. The number of nitrogens with one attached hydrogen (secondary N) is 2. The molecule has 0 atom stereocenters. The smallest absolute Gasteiger partial charge is 0.0125 e. The fourth-order valence-electron chi connectivity index (χ4n) is 2.41. The largest absolute Gasteiger partial charge is 0.312 e. The molecule has 0 spiro atoms. The Hall–Kier alpha value is -0.0800. The van der Waals surface area contributed by atoms with Crippen LogP contribution in [0.25, 0.3) is 0 Å². The Balaban J connectivity index is 3.84. The first-order valence-electron chi connectivity index (χ1n) is 8.83. The zero-order chi connectivity index (χ0) is 15.5. The van der Waals surface area contributed by atoms with Crippen molar-refractivity contribution in [1.82, 2.24) is 10.6 Å². The third kappa shape index (κ3) is 11.7. The van der Waals surface area contributed by atoms with Crippen LogP contribution < -0.4 is 10.6 Å². The summed E-state index contributed by atoms with van der Waals surface area (Å²) in [6.45, 7) is 16.2. The summed E-state index contributed by atoms with van der Waals surface area (Å²) >= 11 is 0. The molecule has 0 aliphatic carbocycles. The summed E-state index contributed by atoms with van der Waals surface area (Å²) in [6, 6.07) is 0. The van der Waals surface area contributed by atoms with E-state index < -0.39 is 0 Å². The number of unbranched alkanes of at least 4 members (excludes halogenated alkanes) is 4. The van der Waals surface area contributed by atoms with Gasteiger partial charge in [0.25, 0.3) is 0 Å². The fraction of sp³-hybridized carbons (Fsp3) is 1.00. The van der Waals surface area contributed by atoms with E-state index in [2.05, 4.69) is 52.2 Å². The summed E-state index contributed by atoms with van der Waals surface area (Å²) in [5, 5.41) is 7.43. The van der Waals surface area contributed by atoms with E-state index in [4.69, 9.17) is 0 Å². The third-order valence-corrected chi connectivity index (χ3v) is 4.14. The van der Waals surface area contributed by atoms with Gasteiger partial charge >= 0.3 is 0 Å². The first-order chi connectivity index (χ1) is 9.33. The number of hydrogen-bond donors (Lipinski definition) is 2. The van der Waals surface area contributed by atoms with Gasteiger partial charge in [0.1, 0.15) is 0 Å². The molecule has 0 aliphatic rings. The Kier molecular flexibility index (Phi) is 10.6. The summed E-state index contributed by atoms with van der Waals surface area (Å²) in [6.07, 6.45) is 10.4. The van der Waals surface area contributed by atoms with Gasteiger partial charge in [0, 0.05) is 11.1 Å². The van der Waals surface area contributed by atoms with Gasteiger partial charge in [0.15, 0.2) is 0 Å². The van der Waals surface area contributed by atoms with Gasteiger partial charge in [-0.1, -0.05) is 39.5 Å². The van der Waals surface area contributed by atoms with E-state index in [1.54, 1.807) is 0 Å². The van der Waals surface area contributed by atoms with E-state index in [9.17, 15) is 0 Å². The molecule has 0 aromatic carbocycles. The number of hydrogen-bond acceptors (Lipinski definition) is 2. The summed E-state index contributed by atoms with van der Waals surface area (Å²) in [7, 11) is 0. The fourth-order valence-corrected chi connectivity index (χ4v) is 2.41. The van der Waals surface area contributed by atoms with Gasteiger partial charge in [-0.05, 0) is 66.5 Å². The molecule has 0 aliphatic heterocycles. The van der Waals surface area contributed by atoms with E-state index in [1.807, 2.05) is 0 Å². The van der Waals surface area contributed by atoms with Crippen LogP contribution in [0.3, 0.4) is 0 Å². The number of rotatable bonds is 13. The highest BCUT2D eigenvalue weighted by molar-refractivity contribution is 4.85. The van der Waals surface area contributed by atoms with Crippen LogP contribution in [0.1, 0.15) is 92.9 Å². The van der Waals surface area contributed by atoms with Crippen LogP contribution in [0, 0.1) is 0 Å². The van der Waals surface area contributed by atoms with Crippen LogP contribution in [0.2, 0.25) is 0 Å². The highest BCUT2D eigenvalue weighted by atomic mass is 15.0. The molecule has 0 aromatic rings. The summed E-state index contributed by atoms with van der Waals surface area (Å²) in [5.41, 5.74) is 0.520. The van der Waals surface area contributed by atoms with Crippen LogP contribution in [-0.4, -0.2) is 24.2 Å². The molecule has 20 heavy (non-hydrogen) atoms. The second-order valence-electron chi connectivity index (χ2n) is 7.54. The predicted molar refractivity (Wildman–Crippen MR) is 92.4 cm³/mol. The van der Waals surface area contributed by atoms with Crippen molar-refractivity contribution in [3.8, 4) is 0 Å². The SMILES string of the molecule is CCCCCNC(C)(C)CCC(C)(C)NCCCCC. The highest BCUT2D eigenvalue weighted by Gasteiger charge is 2.23. The molecule has 2 heteroatoms. The van der Waals surface area contributed by atoms with Crippen LogP contribution in [0.5, 0.6) is 0 Å². The van der Waals surface area contributed by atoms with Crippen LogP contribution in [0.15, 0.2) is 0 Å². The lowest BCUT2D eigenvalue weighted by molar-refractivity contribution is 0.280. The van der Waals surface area contributed by atoms with E-state index >= 15 is 0 Å². The molecule has 0 saturated carbocycles. The lowest BCUT2D eigenvalue weighted by Gasteiger charge is -2.33. The van der Waals surface area contributed by atoms with Gasteiger partial charge in [-0.15, -0.1) is 0 Å². The maximum absolute atomic E-state index is 3.72. The first kappa shape index (κ1) is 19.9. The second kappa shape index (κ2) is 10.6. The van der Waals surface area contributed by atoms with Gasteiger partial charge in [0.2, 0.25) is 0 Å². The van der Waals surface area contributed by atoms with Crippen LogP contribution in [-0.2, 0) is 0 Å². The molecule has 0 saturated heterocycles. The zero-order valence-electron chi connectivity index (χ0n) is 15.1. The van der Waals surface area contributed by atoms with Gasteiger partial charge in [-0.3, -0.25) is 0 Å². The molecule has 0 radical (unpaired) electrons. The molecule has 0 fully saturated rings. The molecule has 0 heterocycles. The van der Waals surface area contributed by atoms with Gasteiger partial charge in [-0.25, -0.2) is 0 Å². The Labute approximate surface area is 128 Å². The highest BCUT2D eigenvalue weighted by Crippen LogP contribution is 2.19. The summed E-state index contributed by atoms with van der Waals surface area (Å²) < 4.78 is 0. The topological polar surface area (TPSA) is 24.1 Å². The molecule has 122 valence electrons. The average molecular weight is 285 g/mol. The Morgan fingerprint density at radius 1 is 0.600 bits per heavy atom. The standard InChI is InChI=1S/C18H40N2/c1-7-9-11-15-19-17(3,4)13-14-18(5,6)20-16-12-10-8-2/h19-20H,7-16H2,1-6H3. The normalized spacial score (nSPS) is 12.9. The molecule has 0 unspecified atom stereocenters. The van der Waals surface area contributed by atoms with E-state index in [0.29, 0.717) is 0 Å². The van der Waals surface area contributed by atoms with Crippen molar-refractivity contribution < 1.29 is 0 Å². The minimum atomic E-state index is 0.260. The molecule has 0 aromatic heterocycles. The van der Waals surface area contributed by atoms with Crippen molar-refractivity contribution in [1.29, 1.82) is 0 Å². The second-order valence-corrected chi connectivity index (χ2v) is 7.54. The Bertz CT molecular complexity index is 197. The van der Waals surface area contributed by atoms with Crippen molar-refractivity contribution >= 4 is 0 Å².